The number of aliphatic hydroxyl groups is 1. The van der Waals surface area contributed by atoms with E-state index in [0.717, 1.165) is 0 Å². The Hall–Kier alpha value is -3.24. The van der Waals surface area contributed by atoms with Gasteiger partial charge in [0.2, 0.25) is 5.91 Å². The van der Waals surface area contributed by atoms with Crippen LogP contribution in [-0.4, -0.2) is 55.5 Å². The fourth-order valence-corrected chi connectivity index (χ4v) is 3.37. The number of ether oxygens (including phenoxy) is 2. The maximum atomic E-state index is 12.5. The zero-order valence-corrected chi connectivity index (χ0v) is 16.4. The highest BCUT2D eigenvalue weighted by Gasteiger charge is 2.49. The third kappa shape index (κ3) is 4.05. The monoisotopic (exact) mass is 420 g/mol. The molecule has 1 heterocycles. The summed E-state index contributed by atoms with van der Waals surface area (Å²) in [5, 5.41) is 13.7. The van der Waals surface area contributed by atoms with Gasteiger partial charge in [-0.1, -0.05) is 24.3 Å². The first-order valence-electron chi connectivity index (χ1n) is 8.99. The van der Waals surface area contributed by atoms with Crippen molar-refractivity contribution < 1.29 is 28.2 Å². The van der Waals surface area contributed by atoms with E-state index in [-0.39, 0.29) is 24.2 Å². The number of nitrogens with zero attached hydrogens (tertiary/aromatic N) is 2. The number of nitrogens with two attached hydrogens (primary N) is 1. The van der Waals surface area contributed by atoms with Gasteiger partial charge in [-0.2, -0.15) is 8.78 Å². The minimum atomic E-state index is -2.95. The number of hydrogen-bond donors (Lipinski definition) is 3. The van der Waals surface area contributed by atoms with Crippen LogP contribution in [-0.2, 0) is 15.1 Å². The number of nitrogens with one attached hydrogen (secondary N) is 1. The molecule has 0 unspecified atom stereocenters. The molecule has 10 heteroatoms. The molecule has 2 aromatic carbocycles. The Bertz CT molecular complexity index is 939. The summed E-state index contributed by atoms with van der Waals surface area (Å²) >= 11 is 0. The molecule has 0 radical (unpaired) electrons. The number of carbonyl (C=O) groups excluding carboxylic acids is 1. The van der Waals surface area contributed by atoms with Crippen molar-refractivity contribution in [3.63, 3.8) is 0 Å². The minimum absolute atomic E-state index is 0.0257. The molecule has 0 aliphatic carbocycles. The van der Waals surface area contributed by atoms with Gasteiger partial charge < -0.3 is 30.5 Å². The molecule has 1 aliphatic rings. The molecule has 4 N–H and O–H groups in total. The van der Waals surface area contributed by atoms with E-state index in [4.69, 9.17) is 10.5 Å². The van der Waals surface area contributed by atoms with Crippen molar-refractivity contribution in [1.82, 2.24) is 4.90 Å². The number of amides is 1. The number of alkyl halides is 2. The Morgan fingerprint density at radius 2 is 2.00 bits per heavy atom. The lowest BCUT2D eigenvalue weighted by Crippen LogP contribution is -2.45. The van der Waals surface area contributed by atoms with E-state index in [1.165, 1.54) is 36.3 Å². The third-order valence-corrected chi connectivity index (χ3v) is 4.77. The van der Waals surface area contributed by atoms with Crippen molar-refractivity contribution in [2.75, 3.05) is 26.1 Å². The predicted molar refractivity (Wildman–Crippen MR) is 106 cm³/mol. The largest absolute Gasteiger partial charge is 0.435 e. The number of likely N-dealkylation sites (N-methyl/N-ethyl adjacent to an activating group) is 1. The van der Waals surface area contributed by atoms with Crippen molar-refractivity contribution in [3.8, 4) is 5.75 Å². The van der Waals surface area contributed by atoms with E-state index in [9.17, 15) is 18.7 Å². The van der Waals surface area contributed by atoms with E-state index >= 15 is 0 Å². The van der Waals surface area contributed by atoms with E-state index in [1.807, 2.05) is 0 Å². The maximum absolute atomic E-state index is 12.5. The normalized spacial score (nSPS) is 20.9. The number of guanidine groups is 1. The lowest BCUT2D eigenvalue weighted by Gasteiger charge is -2.33. The van der Waals surface area contributed by atoms with Crippen LogP contribution in [0.15, 0.2) is 53.5 Å². The summed E-state index contributed by atoms with van der Waals surface area (Å²) in [7, 11) is 3.00. The van der Waals surface area contributed by atoms with Crippen LogP contribution in [0.3, 0.4) is 0 Å². The summed E-state index contributed by atoms with van der Waals surface area (Å²) in [5.74, 6) is -0.268. The zero-order valence-electron chi connectivity index (χ0n) is 16.4. The highest BCUT2D eigenvalue weighted by atomic mass is 19.3. The average Bonchev–Trinajstić information content (AvgIpc) is 2.93. The quantitative estimate of drug-likeness (QED) is 0.629. The molecular weight excluding hydrogens is 398 g/mol. The van der Waals surface area contributed by atoms with Gasteiger partial charge in [-0.25, -0.2) is 4.99 Å². The van der Waals surface area contributed by atoms with Crippen molar-refractivity contribution in [1.29, 1.82) is 0 Å². The molecule has 0 bridgehead atoms. The molecular formula is C20H22F2N4O4. The summed E-state index contributed by atoms with van der Waals surface area (Å²) in [6, 6.07) is 12.6. The van der Waals surface area contributed by atoms with Gasteiger partial charge in [0, 0.05) is 19.8 Å². The lowest BCUT2D eigenvalue weighted by molar-refractivity contribution is -0.119. The van der Waals surface area contributed by atoms with Crippen LogP contribution in [0.5, 0.6) is 5.75 Å². The van der Waals surface area contributed by atoms with Gasteiger partial charge in [0.15, 0.2) is 17.7 Å². The van der Waals surface area contributed by atoms with Gasteiger partial charge >= 0.3 is 6.61 Å². The standard InChI is InChI=1S/C20H22F2N4O4/c1-26-17(28)20(25-19(26)23,12-6-8-15(9-7-12)30-18(21)22)13-4-3-5-14(10-13)24-16(27)11-29-2/h3-10,17-18,28H,11H2,1-2H3,(H2,23,25)(H,24,27)/t17-,20-/m0/s1. The molecule has 0 spiro atoms. The fraction of sp³-hybridized carbons (Fsp3) is 0.300. The summed E-state index contributed by atoms with van der Waals surface area (Å²) in [4.78, 5) is 17.8. The molecule has 8 nitrogen and oxygen atoms in total. The molecule has 2 atom stereocenters. The molecule has 0 saturated carbocycles. The van der Waals surface area contributed by atoms with E-state index in [0.29, 0.717) is 16.8 Å². The highest BCUT2D eigenvalue weighted by molar-refractivity contribution is 5.92. The fourth-order valence-electron chi connectivity index (χ4n) is 3.37. The smallest absolute Gasteiger partial charge is 0.387 e. The number of benzene rings is 2. The molecule has 2 aromatic rings. The number of aliphatic hydroxyl groups excluding tert-OH is 1. The van der Waals surface area contributed by atoms with E-state index in [2.05, 4.69) is 15.0 Å². The molecule has 3 rings (SSSR count). The number of aliphatic imine (C=N–C) groups is 1. The van der Waals surface area contributed by atoms with Crippen molar-refractivity contribution in [2.24, 2.45) is 10.7 Å². The Morgan fingerprint density at radius 3 is 2.57 bits per heavy atom. The van der Waals surface area contributed by atoms with Gasteiger partial charge in [-0.05, 0) is 35.4 Å². The van der Waals surface area contributed by atoms with Crippen LogP contribution in [0.25, 0.3) is 0 Å². The van der Waals surface area contributed by atoms with Crippen LogP contribution < -0.4 is 15.8 Å². The third-order valence-electron chi connectivity index (χ3n) is 4.77. The first-order valence-corrected chi connectivity index (χ1v) is 8.99. The lowest BCUT2D eigenvalue weighted by atomic mass is 9.81. The number of hydrogen-bond acceptors (Lipinski definition) is 7. The van der Waals surface area contributed by atoms with Crippen LogP contribution in [0.1, 0.15) is 11.1 Å². The molecule has 160 valence electrons. The van der Waals surface area contributed by atoms with Crippen LogP contribution in [0.2, 0.25) is 0 Å². The minimum Gasteiger partial charge on any atom is -0.435 e. The van der Waals surface area contributed by atoms with Gasteiger partial charge in [-0.15, -0.1) is 0 Å². The molecule has 30 heavy (non-hydrogen) atoms. The molecule has 1 amide bonds. The summed E-state index contributed by atoms with van der Waals surface area (Å²) in [5.41, 5.74) is 6.16. The predicted octanol–water partition coefficient (Wildman–Crippen LogP) is 1.69. The second kappa shape index (κ2) is 8.64. The first kappa shape index (κ1) is 21.5. The van der Waals surface area contributed by atoms with Gasteiger partial charge in [-0.3, -0.25) is 4.79 Å². The van der Waals surface area contributed by atoms with Crippen molar-refractivity contribution >= 4 is 17.6 Å². The van der Waals surface area contributed by atoms with Crippen LogP contribution in [0.4, 0.5) is 14.5 Å². The van der Waals surface area contributed by atoms with Crippen LogP contribution in [0, 0.1) is 0 Å². The second-order valence-electron chi connectivity index (χ2n) is 6.69. The Balaban J connectivity index is 2.06. The topological polar surface area (TPSA) is 109 Å². The summed E-state index contributed by atoms with van der Waals surface area (Å²) in [6.45, 7) is -3.06. The van der Waals surface area contributed by atoms with Gasteiger partial charge in [0.25, 0.3) is 0 Å². The molecule has 0 saturated heterocycles. The first-order chi connectivity index (χ1) is 14.3. The Labute approximate surface area is 171 Å². The van der Waals surface area contributed by atoms with E-state index in [1.54, 1.807) is 31.3 Å². The zero-order chi connectivity index (χ0) is 21.9. The summed E-state index contributed by atoms with van der Waals surface area (Å²) in [6.07, 6.45) is -1.18. The number of rotatable bonds is 7. The van der Waals surface area contributed by atoms with Crippen molar-refractivity contribution in [3.05, 3.63) is 59.7 Å². The molecule has 0 aromatic heterocycles. The number of halogens is 2. The van der Waals surface area contributed by atoms with Gasteiger partial charge in [0.05, 0.1) is 0 Å². The average molecular weight is 420 g/mol. The van der Waals surface area contributed by atoms with Crippen molar-refractivity contribution in [2.45, 2.75) is 18.4 Å². The summed E-state index contributed by atoms with van der Waals surface area (Å²) < 4.78 is 34.2. The SMILES string of the molecule is COCC(=O)Nc1cccc([C@]2(c3ccc(OC(F)F)cc3)N=C(N)N(C)[C@H]2O)c1. The molecule has 0 fully saturated rings. The number of methoxy groups -OCH3 is 1. The maximum Gasteiger partial charge on any atom is 0.387 e. The Morgan fingerprint density at radius 1 is 1.30 bits per heavy atom. The van der Waals surface area contributed by atoms with Crippen LogP contribution >= 0.6 is 0 Å². The second-order valence-corrected chi connectivity index (χ2v) is 6.69. The Kier molecular flexibility index (Phi) is 6.18. The van der Waals surface area contributed by atoms with Gasteiger partial charge in [0.1, 0.15) is 12.4 Å². The molecule has 1 aliphatic heterocycles. The van der Waals surface area contributed by atoms with E-state index < -0.39 is 18.4 Å². The number of carbonyl (C=O) groups is 1. The highest BCUT2D eigenvalue weighted by Crippen LogP contribution is 2.43. The number of anilines is 1.